The van der Waals surface area contributed by atoms with Crippen molar-refractivity contribution in [2.75, 3.05) is 38.7 Å². The van der Waals surface area contributed by atoms with Crippen molar-refractivity contribution in [1.29, 1.82) is 0 Å². The van der Waals surface area contributed by atoms with Gasteiger partial charge in [0.15, 0.2) is 0 Å². The summed E-state index contributed by atoms with van der Waals surface area (Å²) in [7, 11) is 0. The molecule has 0 aliphatic heterocycles. The number of thioether (sulfide) groups is 1. The van der Waals surface area contributed by atoms with E-state index in [1.165, 1.54) is 0 Å². The third-order valence-electron chi connectivity index (χ3n) is 0.977. The fourth-order valence-electron chi connectivity index (χ4n) is 0.638. The Morgan fingerprint density at radius 3 is 2.17 bits per heavy atom. The quantitative estimate of drug-likeness (QED) is 0.666. The van der Waals surface area contributed by atoms with Crippen molar-refractivity contribution < 1.29 is 9.32 Å². The Kier molecular flexibility index (Phi) is 4.05. The zero-order valence-electron chi connectivity index (χ0n) is 8.59. The van der Waals surface area contributed by atoms with E-state index in [0.717, 1.165) is 5.75 Å². The number of carbonyl (C=O) groups is 1. The van der Waals surface area contributed by atoms with E-state index >= 15 is 0 Å². The van der Waals surface area contributed by atoms with Gasteiger partial charge in [-0.25, -0.2) is 0 Å². The summed E-state index contributed by atoms with van der Waals surface area (Å²) in [6.07, 6.45) is 2.52. The first-order chi connectivity index (χ1) is 5.21. The number of rotatable bonds is 4. The molecule has 0 aliphatic carbocycles. The van der Waals surface area contributed by atoms with E-state index in [4.69, 9.17) is 4.52 Å². The fourth-order valence-corrected chi connectivity index (χ4v) is 1.91. The van der Waals surface area contributed by atoms with Crippen molar-refractivity contribution in [2.24, 2.45) is 0 Å². The Hall–Kier alpha value is 0.250. The van der Waals surface area contributed by atoms with E-state index in [-0.39, 0.29) is 5.97 Å². The maximum absolute atomic E-state index is 11.2. The van der Waals surface area contributed by atoms with Crippen LogP contribution in [0.1, 0.15) is 6.42 Å². The van der Waals surface area contributed by atoms with Gasteiger partial charge in [0.1, 0.15) is 0 Å². The van der Waals surface area contributed by atoms with Gasteiger partial charge < -0.3 is 0 Å². The molecule has 0 saturated carbocycles. The van der Waals surface area contributed by atoms with Gasteiger partial charge in [-0.1, -0.05) is 0 Å². The molecular formula is C8H19O2PS. The van der Waals surface area contributed by atoms with E-state index in [9.17, 15) is 4.79 Å². The molecule has 0 amide bonds. The standard InChI is InChI=1S/C8H19O2PS/c1-11(2,3,4)10-8(9)6-7-12-5/h6-7H2,1-5H3. The topological polar surface area (TPSA) is 26.3 Å². The van der Waals surface area contributed by atoms with Crippen molar-refractivity contribution in [3.8, 4) is 0 Å². The Bertz CT molecular complexity index is 162. The molecule has 0 aromatic carbocycles. The fraction of sp³-hybridized carbons (Fsp3) is 0.875. The van der Waals surface area contributed by atoms with Crippen LogP contribution in [0, 0.1) is 0 Å². The van der Waals surface area contributed by atoms with Crippen LogP contribution in [0.4, 0.5) is 0 Å². The average Bonchev–Trinajstić information content (AvgIpc) is 1.77. The van der Waals surface area contributed by atoms with Gasteiger partial charge in [-0.2, -0.15) is 0 Å². The minimum absolute atomic E-state index is 0.0583. The molecule has 0 N–H and O–H groups in total. The van der Waals surface area contributed by atoms with Gasteiger partial charge >= 0.3 is 79.0 Å². The number of carbonyl (C=O) groups excluding carboxylic acids is 1. The summed E-state index contributed by atoms with van der Waals surface area (Å²) in [5, 5.41) is 0. The monoisotopic (exact) mass is 210 g/mol. The van der Waals surface area contributed by atoms with E-state index in [1.807, 2.05) is 32.9 Å². The van der Waals surface area contributed by atoms with E-state index in [2.05, 4.69) is 0 Å². The molecule has 0 radical (unpaired) electrons. The second-order valence-corrected chi connectivity index (χ2v) is 12.6. The maximum atomic E-state index is 11.2. The summed E-state index contributed by atoms with van der Waals surface area (Å²) in [5.74, 6) is 0.794. The van der Waals surface area contributed by atoms with Gasteiger partial charge in [-0.05, 0) is 0 Å². The molecule has 0 bridgehead atoms. The predicted octanol–water partition coefficient (Wildman–Crippen LogP) is 2.27. The van der Waals surface area contributed by atoms with Crippen LogP contribution in [0.5, 0.6) is 0 Å². The second kappa shape index (κ2) is 3.97. The first-order valence-electron chi connectivity index (χ1n) is 3.93. The van der Waals surface area contributed by atoms with Crippen LogP contribution >= 0.6 is 18.6 Å². The molecule has 0 unspecified atom stereocenters. The third kappa shape index (κ3) is 8.35. The molecule has 74 valence electrons. The zero-order chi connectivity index (χ0) is 9.85. The van der Waals surface area contributed by atoms with Crippen LogP contribution in [-0.4, -0.2) is 44.6 Å². The third-order valence-corrected chi connectivity index (χ3v) is 2.52. The average molecular weight is 210 g/mol. The minimum atomic E-state index is -2.08. The molecule has 0 aliphatic rings. The molecule has 0 aromatic heterocycles. The predicted molar refractivity (Wildman–Crippen MR) is 59.7 cm³/mol. The van der Waals surface area contributed by atoms with E-state index in [0.29, 0.717) is 6.42 Å². The molecule has 0 rings (SSSR count). The normalized spacial score (nSPS) is 14.9. The summed E-state index contributed by atoms with van der Waals surface area (Å²) in [5.41, 5.74) is 0. The van der Waals surface area contributed by atoms with Crippen molar-refractivity contribution in [2.45, 2.75) is 6.42 Å². The summed E-state index contributed by atoms with van der Waals surface area (Å²) >= 11 is 1.67. The first-order valence-corrected chi connectivity index (χ1v) is 9.27. The van der Waals surface area contributed by atoms with Crippen LogP contribution in [0.2, 0.25) is 0 Å². The molecular weight excluding hydrogens is 191 g/mol. The van der Waals surface area contributed by atoms with E-state index in [1.54, 1.807) is 11.8 Å². The van der Waals surface area contributed by atoms with Crippen molar-refractivity contribution in [1.82, 2.24) is 0 Å². The first kappa shape index (κ1) is 12.2. The molecule has 0 atom stereocenters. The van der Waals surface area contributed by atoms with Crippen LogP contribution < -0.4 is 0 Å². The number of hydrogen-bond acceptors (Lipinski definition) is 3. The van der Waals surface area contributed by atoms with Crippen molar-refractivity contribution >= 4 is 24.6 Å². The molecule has 2 nitrogen and oxygen atoms in total. The summed E-state index contributed by atoms with van der Waals surface area (Å²) in [4.78, 5) is 11.2. The SMILES string of the molecule is CSCCC(=O)OP(C)(C)(C)C. The van der Waals surface area contributed by atoms with Gasteiger partial charge in [0, 0.05) is 0 Å². The van der Waals surface area contributed by atoms with Crippen molar-refractivity contribution in [3.63, 3.8) is 0 Å². The molecule has 0 spiro atoms. The Morgan fingerprint density at radius 1 is 1.33 bits per heavy atom. The molecule has 0 saturated heterocycles. The summed E-state index contributed by atoms with van der Waals surface area (Å²) in [6.45, 7) is 6.04. The van der Waals surface area contributed by atoms with Crippen LogP contribution in [0.3, 0.4) is 0 Å². The van der Waals surface area contributed by atoms with Gasteiger partial charge in [-0.3, -0.25) is 0 Å². The number of hydrogen-bond donors (Lipinski definition) is 0. The molecule has 0 fully saturated rings. The van der Waals surface area contributed by atoms with Crippen LogP contribution in [0.25, 0.3) is 0 Å². The van der Waals surface area contributed by atoms with Gasteiger partial charge in [0.25, 0.3) is 0 Å². The van der Waals surface area contributed by atoms with Crippen LogP contribution in [0.15, 0.2) is 0 Å². The van der Waals surface area contributed by atoms with Gasteiger partial charge in [-0.15, -0.1) is 0 Å². The molecule has 0 aromatic rings. The molecule has 4 heteroatoms. The molecule has 12 heavy (non-hydrogen) atoms. The summed E-state index contributed by atoms with van der Waals surface area (Å²) in [6, 6.07) is 0. The Balaban J connectivity index is 3.86. The van der Waals surface area contributed by atoms with Crippen LogP contribution in [-0.2, 0) is 9.32 Å². The second-order valence-electron chi connectivity index (χ2n) is 4.62. The Labute approximate surface area is 79.4 Å². The van der Waals surface area contributed by atoms with Crippen molar-refractivity contribution in [3.05, 3.63) is 0 Å². The van der Waals surface area contributed by atoms with Gasteiger partial charge in [0.2, 0.25) is 0 Å². The zero-order valence-corrected chi connectivity index (χ0v) is 10.3. The van der Waals surface area contributed by atoms with E-state index < -0.39 is 6.83 Å². The Morgan fingerprint density at radius 2 is 1.83 bits per heavy atom. The molecule has 0 heterocycles. The van der Waals surface area contributed by atoms with Gasteiger partial charge in [0.05, 0.1) is 0 Å². The summed E-state index contributed by atoms with van der Waals surface area (Å²) < 4.78 is 5.41.